The first-order valence-corrected chi connectivity index (χ1v) is 6.18. The molecule has 3 nitrogen and oxygen atoms in total. The molecule has 0 heterocycles. The predicted molar refractivity (Wildman–Crippen MR) is 74.2 cm³/mol. The van der Waals surface area contributed by atoms with Gasteiger partial charge in [-0.05, 0) is 28.8 Å². The van der Waals surface area contributed by atoms with Gasteiger partial charge in [0, 0.05) is 5.02 Å². The molecular weight excluding hydrogens is 264 g/mol. The molecule has 2 aromatic carbocycles. The number of aliphatic carboxylic acids is 1. The van der Waals surface area contributed by atoms with Crippen LogP contribution in [-0.2, 0) is 16.1 Å². The van der Waals surface area contributed by atoms with Gasteiger partial charge < -0.3 is 9.84 Å². The first kappa shape index (κ1) is 13.6. The van der Waals surface area contributed by atoms with Crippen molar-refractivity contribution in [3.8, 4) is 11.1 Å². The summed E-state index contributed by atoms with van der Waals surface area (Å²) in [5.74, 6) is -0.972. The number of rotatable bonds is 5. The van der Waals surface area contributed by atoms with Crippen molar-refractivity contribution in [2.75, 3.05) is 6.61 Å². The minimum Gasteiger partial charge on any atom is -0.480 e. The number of benzene rings is 2. The van der Waals surface area contributed by atoms with Gasteiger partial charge in [-0.2, -0.15) is 0 Å². The number of carbonyl (C=O) groups is 1. The van der Waals surface area contributed by atoms with Crippen molar-refractivity contribution < 1.29 is 14.6 Å². The van der Waals surface area contributed by atoms with Crippen molar-refractivity contribution in [3.63, 3.8) is 0 Å². The second-order valence-corrected chi connectivity index (χ2v) is 4.49. The molecule has 0 unspecified atom stereocenters. The zero-order valence-corrected chi connectivity index (χ0v) is 10.9. The van der Waals surface area contributed by atoms with Crippen LogP contribution in [0.25, 0.3) is 11.1 Å². The van der Waals surface area contributed by atoms with Gasteiger partial charge in [-0.25, -0.2) is 4.79 Å². The van der Waals surface area contributed by atoms with E-state index in [0.717, 1.165) is 16.7 Å². The Morgan fingerprint density at radius 3 is 2.68 bits per heavy atom. The first-order valence-electron chi connectivity index (χ1n) is 5.80. The minimum absolute atomic E-state index is 0.259. The van der Waals surface area contributed by atoms with Gasteiger partial charge >= 0.3 is 5.97 Å². The number of carboxylic acid groups (broad SMARTS) is 1. The lowest BCUT2D eigenvalue weighted by Gasteiger charge is -2.10. The molecule has 0 aliphatic heterocycles. The maximum absolute atomic E-state index is 10.4. The molecule has 0 saturated heterocycles. The zero-order chi connectivity index (χ0) is 13.7. The molecule has 0 atom stereocenters. The zero-order valence-electron chi connectivity index (χ0n) is 10.2. The summed E-state index contributed by atoms with van der Waals surface area (Å²) < 4.78 is 5.14. The van der Waals surface area contributed by atoms with Crippen LogP contribution in [0, 0.1) is 0 Å². The molecule has 1 N–H and O–H groups in total. The van der Waals surface area contributed by atoms with Crippen molar-refractivity contribution >= 4 is 17.6 Å². The molecular formula is C15H13ClO3. The summed E-state index contributed by atoms with van der Waals surface area (Å²) >= 11 is 5.98. The minimum atomic E-state index is -0.972. The standard InChI is InChI=1S/C15H13ClO3/c16-13-6-3-5-11(8-13)14-7-2-1-4-12(14)9-19-10-15(17)18/h1-8H,9-10H2,(H,17,18). The third-order valence-electron chi connectivity index (χ3n) is 2.64. The molecule has 19 heavy (non-hydrogen) atoms. The van der Waals surface area contributed by atoms with Crippen LogP contribution in [0.3, 0.4) is 0 Å². The molecule has 4 heteroatoms. The van der Waals surface area contributed by atoms with Crippen LogP contribution in [-0.4, -0.2) is 17.7 Å². The summed E-state index contributed by atoms with van der Waals surface area (Å²) in [6.45, 7) is -0.0428. The Labute approximate surface area is 116 Å². The molecule has 0 aliphatic rings. The molecule has 98 valence electrons. The van der Waals surface area contributed by atoms with Crippen molar-refractivity contribution in [2.24, 2.45) is 0 Å². The molecule has 0 saturated carbocycles. The predicted octanol–water partition coefficient (Wildman–Crippen LogP) is 3.61. The highest BCUT2D eigenvalue weighted by Crippen LogP contribution is 2.26. The molecule has 0 spiro atoms. The van der Waals surface area contributed by atoms with Gasteiger partial charge in [0.1, 0.15) is 6.61 Å². The number of halogens is 1. The Morgan fingerprint density at radius 2 is 1.95 bits per heavy atom. The van der Waals surface area contributed by atoms with Crippen LogP contribution in [0.5, 0.6) is 0 Å². The van der Waals surface area contributed by atoms with Gasteiger partial charge in [0.15, 0.2) is 0 Å². The normalized spacial score (nSPS) is 10.4. The van der Waals surface area contributed by atoms with E-state index in [0.29, 0.717) is 5.02 Å². The molecule has 0 bridgehead atoms. The first-order chi connectivity index (χ1) is 9.16. The average Bonchev–Trinajstić information content (AvgIpc) is 2.39. The van der Waals surface area contributed by atoms with Gasteiger partial charge in [-0.1, -0.05) is 48.0 Å². The van der Waals surface area contributed by atoms with E-state index >= 15 is 0 Å². The molecule has 2 rings (SSSR count). The lowest BCUT2D eigenvalue weighted by Crippen LogP contribution is -2.07. The quantitative estimate of drug-likeness (QED) is 0.907. The van der Waals surface area contributed by atoms with E-state index in [-0.39, 0.29) is 13.2 Å². The Kier molecular flexibility index (Phi) is 4.55. The smallest absolute Gasteiger partial charge is 0.329 e. The van der Waals surface area contributed by atoms with E-state index in [1.165, 1.54) is 0 Å². The van der Waals surface area contributed by atoms with Gasteiger partial charge in [-0.3, -0.25) is 0 Å². The summed E-state index contributed by atoms with van der Waals surface area (Å²) in [6, 6.07) is 15.2. The van der Waals surface area contributed by atoms with E-state index < -0.39 is 5.97 Å². The Balaban J connectivity index is 2.23. The average molecular weight is 277 g/mol. The number of carboxylic acids is 1. The lowest BCUT2D eigenvalue weighted by atomic mass is 10.0. The fraction of sp³-hybridized carbons (Fsp3) is 0.133. The number of hydrogen-bond acceptors (Lipinski definition) is 2. The van der Waals surface area contributed by atoms with Crippen LogP contribution in [0.15, 0.2) is 48.5 Å². The number of ether oxygens (including phenoxy) is 1. The molecule has 0 radical (unpaired) electrons. The van der Waals surface area contributed by atoms with Crippen molar-refractivity contribution in [2.45, 2.75) is 6.61 Å². The summed E-state index contributed by atoms with van der Waals surface area (Å²) in [5.41, 5.74) is 2.92. The van der Waals surface area contributed by atoms with Crippen LogP contribution in [0.2, 0.25) is 5.02 Å². The Hall–Kier alpha value is -1.84. The maximum atomic E-state index is 10.4. The van der Waals surface area contributed by atoms with Crippen LogP contribution < -0.4 is 0 Å². The van der Waals surface area contributed by atoms with Crippen molar-refractivity contribution in [1.82, 2.24) is 0 Å². The van der Waals surface area contributed by atoms with E-state index in [2.05, 4.69) is 0 Å². The molecule has 0 aromatic heterocycles. The van der Waals surface area contributed by atoms with Crippen molar-refractivity contribution in [1.29, 1.82) is 0 Å². The third-order valence-corrected chi connectivity index (χ3v) is 2.87. The summed E-state index contributed by atoms with van der Waals surface area (Å²) in [6.07, 6.45) is 0. The van der Waals surface area contributed by atoms with Gasteiger partial charge in [0.05, 0.1) is 6.61 Å². The lowest BCUT2D eigenvalue weighted by molar-refractivity contribution is -0.142. The Bertz CT molecular complexity index is 581. The summed E-state index contributed by atoms with van der Waals surface area (Å²) in [4.78, 5) is 10.4. The van der Waals surface area contributed by atoms with Gasteiger partial charge in [0.25, 0.3) is 0 Å². The highest BCUT2D eigenvalue weighted by atomic mass is 35.5. The van der Waals surface area contributed by atoms with E-state index in [4.69, 9.17) is 21.4 Å². The summed E-state index contributed by atoms with van der Waals surface area (Å²) in [5, 5.41) is 9.24. The highest BCUT2D eigenvalue weighted by molar-refractivity contribution is 6.30. The second kappa shape index (κ2) is 6.36. The second-order valence-electron chi connectivity index (χ2n) is 4.05. The molecule has 0 amide bonds. The van der Waals surface area contributed by atoms with E-state index in [1.807, 2.05) is 48.5 Å². The van der Waals surface area contributed by atoms with Gasteiger partial charge in [-0.15, -0.1) is 0 Å². The summed E-state index contributed by atoms with van der Waals surface area (Å²) in [7, 11) is 0. The maximum Gasteiger partial charge on any atom is 0.329 e. The molecule has 0 fully saturated rings. The monoisotopic (exact) mass is 276 g/mol. The Morgan fingerprint density at radius 1 is 1.16 bits per heavy atom. The fourth-order valence-electron chi connectivity index (χ4n) is 1.83. The molecule has 2 aromatic rings. The molecule has 0 aliphatic carbocycles. The van der Waals surface area contributed by atoms with Crippen molar-refractivity contribution in [3.05, 3.63) is 59.1 Å². The SMILES string of the molecule is O=C(O)COCc1ccccc1-c1cccc(Cl)c1. The van der Waals surface area contributed by atoms with Gasteiger partial charge in [0.2, 0.25) is 0 Å². The van der Waals surface area contributed by atoms with Crippen LogP contribution in [0.4, 0.5) is 0 Å². The van der Waals surface area contributed by atoms with Crippen LogP contribution >= 0.6 is 11.6 Å². The highest BCUT2D eigenvalue weighted by Gasteiger charge is 2.06. The number of hydrogen-bond donors (Lipinski definition) is 1. The largest absolute Gasteiger partial charge is 0.480 e. The third kappa shape index (κ3) is 3.81. The van der Waals surface area contributed by atoms with Crippen LogP contribution in [0.1, 0.15) is 5.56 Å². The van der Waals surface area contributed by atoms with E-state index in [9.17, 15) is 4.79 Å². The van der Waals surface area contributed by atoms with E-state index in [1.54, 1.807) is 0 Å². The fourth-order valence-corrected chi connectivity index (χ4v) is 2.02. The topological polar surface area (TPSA) is 46.5 Å².